The molecule has 1 aromatic rings. The highest BCUT2D eigenvalue weighted by molar-refractivity contribution is 7.99. The largest absolute Gasteiger partial charge is 0.294 e. The molecule has 0 aliphatic heterocycles. The van der Waals surface area contributed by atoms with Gasteiger partial charge in [-0.15, -0.1) is 11.3 Å². The number of hydrogen-bond donors (Lipinski definition) is 0. The Bertz CT molecular complexity index is 537. The zero-order valence-corrected chi connectivity index (χ0v) is 12.2. The molecule has 97 valence electrons. The summed E-state index contributed by atoms with van der Waals surface area (Å²) < 4.78 is 0. The first-order chi connectivity index (χ1) is 9.26. The molecule has 0 saturated carbocycles. The Balaban J connectivity index is 2.09. The van der Waals surface area contributed by atoms with Gasteiger partial charge in [-0.05, 0) is 17.7 Å². The fourth-order valence-corrected chi connectivity index (χ4v) is 3.71. The van der Waals surface area contributed by atoms with Crippen molar-refractivity contribution in [2.24, 2.45) is 0 Å². The van der Waals surface area contributed by atoms with E-state index in [1.807, 2.05) is 48.4 Å². The van der Waals surface area contributed by atoms with Gasteiger partial charge in [-0.25, -0.2) is 0 Å². The Morgan fingerprint density at radius 1 is 1.58 bits per heavy atom. The highest BCUT2D eigenvalue weighted by Crippen LogP contribution is 2.33. The lowest BCUT2D eigenvalue weighted by Gasteiger charge is -2.18. The van der Waals surface area contributed by atoms with E-state index in [9.17, 15) is 10.1 Å². The van der Waals surface area contributed by atoms with Crippen LogP contribution in [0.5, 0.6) is 0 Å². The molecule has 1 heterocycles. The van der Waals surface area contributed by atoms with Gasteiger partial charge in [0.1, 0.15) is 0 Å². The van der Waals surface area contributed by atoms with Gasteiger partial charge in [0, 0.05) is 28.5 Å². The molecule has 2 rings (SSSR count). The van der Waals surface area contributed by atoms with Crippen molar-refractivity contribution in [2.75, 3.05) is 6.26 Å². The van der Waals surface area contributed by atoms with Gasteiger partial charge in [0.15, 0.2) is 5.78 Å². The summed E-state index contributed by atoms with van der Waals surface area (Å²) in [5.74, 6) is -0.102. The lowest BCUT2D eigenvalue weighted by atomic mass is 9.98. The smallest absolute Gasteiger partial charge is 0.163 e. The van der Waals surface area contributed by atoms with Crippen LogP contribution in [0, 0.1) is 17.8 Å². The van der Waals surface area contributed by atoms with Gasteiger partial charge in [-0.2, -0.15) is 17.0 Å². The topological polar surface area (TPSA) is 40.9 Å². The Labute approximate surface area is 121 Å². The Morgan fingerprint density at radius 2 is 2.42 bits per heavy atom. The van der Waals surface area contributed by atoms with E-state index in [1.165, 1.54) is 0 Å². The summed E-state index contributed by atoms with van der Waals surface area (Å²) in [7, 11) is 0. The maximum absolute atomic E-state index is 12.1. The first kappa shape index (κ1) is 14.1. The molecule has 1 aromatic heterocycles. The molecular formula is C15H14NOS2. The lowest BCUT2D eigenvalue weighted by molar-refractivity contribution is -0.115. The number of carbonyl (C=O) groups excluding carboxylic acids is 1. The monoisotopic (exact) mass is 288 g/mol. The van der Waals surface area contributed by atoms with E-state index in [-0.39, 0.29) is 17.0 Å². The molecule has 1 radical (unpaired) electrons. The molecule has 0 spiro atoms. The second-order valence-corrected chi connectivity index (χ2v) is 6.25. The van der Waals surface area contributed by atoms with Crippen LogP contribution in [0.3, 0.4) is 0 Å². The summed E-state index contributed by atoms with van der Waals surface area (Å²) in [5.41, 5.74) is 0.738. The van der Waals surface area contributed by atoms with E-state index < -0.39 is 0 Å². The standard InChI is InChI=1S/C15H14NOS2/c1-18-15(9-13(17)11-5-2-3-6-11)12(10-16)14-7-4-8-19-14/h2-8,12,15H,9H2,1H3. The maximum atomic E-state index is 12.1. The third-order valence-electron chi connectivity index (χ3n) is 3.03. The fourth-order valence-electron chi connectivity index (χ4n) is 2.00. The Hall–Kier alpha value is -1.31. The van der Waals surface area contributed by atoms with Crippen LogP contribution in [0.4, 0.5) is 0 Å². The summed E-state index contributed by atoms with van der Waals surface area (Å²) in [6.07, 6.45) is 9.74. The molecular weight excluding hydrogens is 274 g/mol. The third-order valence-corrected chi connectivity index (χ3v) is 5.03. The third kappa shape index (κ3) is 3.37. The van der Waals surface area contributed by atoms with Gasteiger partial charge in [0.25, 0.3) is 0 Å². The molecule has 1 aliphatic carbocycles. The molecule has 0 fully saturated rings. The number of nitriles is 1. The van der Waals surface area contributed by atoms with Crippen LogP contribution in [0.15, 0.2) is 41.3 Å². The van der Waals surface area contributed by atoms with Crippen LogP contribution in [0.2, 0.25) is 0 Å². The van der Waals surface area contributed by atoms with E-state index in [2.05, 4.69) is 6.07 Å². The summed E-state index contributed by atoms with van der Waals surface area (Å²) in [5, 5.41) is 11.3. The normalized spacial score (nSPS) is 16.7. The number of nitrogens with zero attached hydrogens (tertiary/aromatic N) is 1. The number of hydrogen-bond acceptors (Lipinski definition) is 4. The molecule has 0 saturated heterocycles. The van der Waals surface area contributed by atoms with Crippen molar-refractivity contribution in [2.45, 2.75) is 17.6 Å². The summed E-state index contributed by atoms with van der Waals surface area (Å²) in [4.78, 5) is 13.2. The van der Waals surface area contributed by atoms with Crippen LogP contribution in [-0.2, 0) is 4.79 Å². The number of Topliss-reactive ketones (excluding diaryl/α,β-unsaturated/α-hetero) is 1. The summed E-state index contributed by atoms with van der Waals surface area (Å²) in [6.45, 7) is 0. The fraction of sp³-hybridized carbons (Fsp3) is 0.267. The zero-order valence-electron chi connectivity index (χ0n) is 10.6. The zero-order chi connectivity index (χ0) is 13.7. The number of ketones is 1. The maximum Gasteiger partial charge on any atom is 0.163 e. The Kier molecular flexibility index (Phi) is 5.00. The predicted molar refractivity (Wildman–Crippen MR) is 81.1 cm³/mol. The van der Waals surface area contributed by atoms with Gasteiger partial charge in [-0.1, -0.05) is 24.3 Å². The number of thiophene rings is 1. The molecule has 2 unspecified atom stereocenters. The highest BCUT2D eigenvalue weighted by atomic mass is 32.2. The number of allylic oxidation sites excluding steroid dienone is 4. The van der Waals surface area contributed by atoms with E-state index in [0.29, 0.717) is 6.42 Å². The average Bonchev–Trinajstić information content (AvgIpc) is 3.11. The molecule has 2 nitrogen and oxygen atoms in total. The molecule has 19 heavy (non-hydrogen) atoms. The van der Waals surface area contributed by atoms with Crippen LogP contribution < -0.4 is 0 Å². The van der Waals surface area contributed by atoms with Crippen molar-refractivity contribution >= 4 is 28.9 Å². The van der Waals surface area contributed by atoms with Gasteiger partial charge in [0.05, 0.1) is 12.0 Å². The second kappa shape index (κ2) is 6.74. The van der Waals surface area contributed by atoms with Crippen molar-refractivity contribution in [1.29, 1.82) is 5.26 Å². The minimum atomic E-state index is -0.214. The van der Waals surface area contributed by atoms with Crippen molar-refractivity contribution < 1.29 is 4.79 Å². The quantitative estimate of drug-likeness (QED) is 0.800. The highest BCUT2D eigenvalue weighted by Gasteiger charge is 2.26. The minimum absolute atomic E-state index is 0.00560. The van der Waals surface area contributed by atoms with Crippen LogP contribution in [-0.4, -0.2) is 17.3 Å². The molecule has 4 heteroatoms. The SMILES string of the molecule is CSC(CC(=O)C1=C[CH]C=C1)C(C#N)c1cccs1. The van der Waals surface area contributed by atoms with Crippen molar-refractivity contribution in [3.8, 4) is 6.07 Å². The van der Waals surface area contributed by atoms with Gasteiger partial charge >= 0.3 is 0 Å². The lowest BCUT2D eigenvalue weighted by Crippen LogP contribution is -2.18. The van der Waals surface area contributed by atoms with Crippen molar-refractivity contribution in [3.05, 3.63) is 52.6 Å². The van der Waals surface area contributed by atoms with Gasteiger partial charge in [0.2, 0.25) is 0 Å². The predicted octanol–water partition coefficient (Wildman–Crippen LogP) is 3.75. The van der Waals surface area contributed by atoms with Crippen molar-refractivity contribution in [3.63, 3.8) is 0 Å². The molecule has 2 atom stereocenters. The minimum Gasteiger partial charge on any atom is -0.294 e. The summed E-state index contributed by atoms with van der Waals surface area (Å²) >= 11 is 3.17. The Morgan fingerprint density at radius 3 is 2.95 bits per heavy atom. The van der Waals surface area contributed by atoms with Crippen LogP contribution in [0.1, 0.15) is 17.2 Å². The van der Waals surface area contributed by atoms with E-state index in [4.69, 9.17) is 0 Å². The van der Waals surface area contributed by atoms with Crippen LogP contribution in [0.25, 0.3) is 0 Å². The average molecular weight is 288 g/mol. The second-order valence-electron chi connectivity index (χ2n) is 4.20. The molecule has 0 bridgehead atoms. The van der Waals surface area contributed by atoms with E-state index in [0.717, 1.165) is 10.5 Å². The first-order valence-electron chi connectivity index (χ1n) is 5.97. The number of thioether (sulfide) groups is 1. The first-order valence-corrected chi connectivity index (χ1v) is 8.13. The molecule has 1 aliphatic rings. The van der Waals surface area contributed by atoms with Crippen molar-refractivity contribution in [1.82, 2.24) is 0 Å². The summed E-state index contributed by atoms with van der Waals surface area (Å²) in [6, 6.07) is 6.26. The number of carbonyl (C=O) groups is 1. The molecule has 0 N–H and O–H groups in total. The van der Waals surface area contributed by atoms with Gasteiger partial charge < -0.3 is 0 Å². The number of rotatable bonds is 6. The molecule has 0 amide bonds. The van der Waals surface area contributed by atoms with E-state index in [1.54, 1.807) is 23.1 Å². The molecule has 0 aromatic carbocycles. The van der Waals surface area contributed by atoms with E-state index >= 15 is 0 Å². The van der Waals surface area contributed by atoms with Gasteiger partial charge in [-0.3, -0.25) is 4.79 Å². The van der Waals surface area contributed by atoms with Crippen LogP contribution >= 0.6 is 23.1 Å².